The van der Waals surface area contributed by atoms with Crippen LogP contribution in [-0.2, 0) is 10.5 Å². The molecule has 0 bridgehead atoms. The minimum absolute atomic E-state index is 0.177. The van der Waals surface area contributed by atoms with Gasteiger partial charge in [-0.25, -0.2) is 5.01 Å². The largest absolute Gasteiger partial charge is 0.298 e. The second kappa shape index (κ2) is 7.67. The van der Waals surface area contributed by atoms with E-state index in [4.69, 9.17) is 21.7 Å². The second-order valence-corrected chi connectivity index (χ2v) is 8.66. The minimum atomic E-state index is -0.367. The van der Waals surface area contributed by atoms with Crippen LogP contribution in [0.3, 0.4) is 0 Å². The average molecular weight is 439 g/mol. The Bertz CT molecular complexity index is 1240. The fraction of sp³-hybridized carbons (Fsp3) is 0.0952. The molecule has 0 radical (unpaired) electrons. The summed E-state index contributed by atoms with van der Waals surface area (Å²) >= 11 is 9.30. The minimum Gasteiger partial charge on any atom is -0.298 e. The summed E-state index contributed by atoms with van der Waals surface area (Å²) in [7, 11) is 0. The highest BCUT2D eigenvalue weighted by atomic mass is 35.5. The third-order valence-corrected chi connectivity index (χ3v) is 6.66. The van der Waals surface area contributed by atoms with Gasteiger partial charge in [-0.2, -0.15) is 11.3 Å². The zero-order chi connectivity index (χ0) is 19.8. The predicted octanol–water partition coefficient (Wildman–Crippen LogP) is 3.48. The molecule has 1 amide bonds. The van der Waals surface area contributed by atoms with Gasteiger partial charge in [0.05, 0.1) is 5.36 Å². The van der Waals surface area contributed by atoms with Gasteiger partial charge >= 0.3 is 0 Å². The standard InChI is InChI=1S/C21H15ClN4OS2/c22-16-7-3-1-5-13(16)12-29-21-24-20(27)18-15-6-2-4-8-17(15)23-19(26(18)25-21)14-9-10-28-11-14/h1-11,19H,12H2,(H,24,25,27)/t19-/m1/s1. The molecule has 0 saturated heterocycles. The van der Waals surface area contributed by atoms with Crippen molar-refractivity contribution in [1.82, 2.24) is 10.3 Å². The van der Waals surface area contributed by atoms with E-state index in [1.807, 2.05) is 65.4 Å². The maximum Gasteiger partial charge on any atom is 0.276 e. The number of benzene rings is 2. The van der Waals surface area contributed by atoms with E-state index in [-0.39, 0.29) is 12.1 Å². The van der Waals surface area contributed by atoms with E-state index in [1.165, 1.54) is 11.8 Å². The van der Waals surface area contributed by atoms with Crippen molar-refractivity contribution in [3.63, 3.8) is 0 Å². The lowest BCUT2D eigenvalue weighted by Crippen LogP contribution is -2.50. The zero-order valence-corrected chi connectivity index (χ0v) is 17.5. The van der Waals surface area contributed by atoms with Crippen LogP contribution in [0.5, 0.6) is 0 Å². The number of hydrogen-bond acceptors (Lipinski definition) is 6. The third kappa shape index (κ3) is 3.46. The number of nitrogens with zero attached hydrogens (tertiary/aromatic N) is 3. The van der Waals surface area contributed by atoms with Crippen molar-refractivity contribution in [2.45, 2.75) is 11.9 Å². The second-order valence-electron chi connectivity index (χ2n) is 6.51. The van der Waals surface area contributed by atoms with Crippen molar-refractivity contribution in [1.29, 1.82) is 0 Å². The number of hydrogen-bond donors (Lipinski definition) is 1. The van der Waals surface area contributed by atoms with E-state index >= 15 is 0 Å². The van der Waals surface area contributed by atoms with Gasteiger partial charge in [0.15, 0.2) is 11.3 Å². The van der Waals surface area contributed by atoms with Crippen molar-refractivity contribution in [2.75, 3.05) is 0 Å². The van der Waals surface area contributed by atoms with Crippen LogP contribution in [0.4, 0.5) is 0 Å². The van der Waals surface area contributed by atoms with Crippen LogP contribution in [0.15, 0.2) is 75.5 Å². The van der Waals surface area contributed by atoms with Crippen LogP contribution >= 0.6 is 34.7 Å². The molecule has 1 atom stereocenters. The van der Waals surface area contributed by atoms with Gasteiger partial charge in [-0.3, -0.25) is 15.1 Å². The molecule has 5 nitrogen and oxygen atoms in total. The van der Waals surface area contributed by atoms with Gasteiger partial charge in [0.25, 0.3) is 5.91 Å². The third-order valence-electron chi connectivity index (χ3n) is 4.68. The normalized spacial score (nSPS) is 17.8. The lowest BCUT2D eigenvalue weighted by atomic mass is 10.1. The van der Waals surface area contributed by atoms with Gasteiger partial charge in [0.2, 0.25) is 0 Å². The van der Waals surface area contributed by atoms with Crippen LogP contribution in [0.25, 0.3) is 5.70 Å². The molecule has 0 fully saturated rings. The van der Waals surface area contributed by atoms with Crippen LogP contribution in [-0.4, -0.2) is 16.1 Å². The maximum absolute atomic E-state index is 13.0. The molecule has 3 aromatic rings. The highest BCUT2D eigenvalue weighted by Gasteiger charge is 2.34. The number of carbonyl (C=O) groups is 1. The fourth-order valence-electron chi connectivity index (χ4n) is 3.29. The maximum atomic E-state index is 13.0. The summed E-state index contributed by atoms with van der Waals surface area (Å²) < 4.78 is 0. The Morgan fingerprint density at radius 2 is 1.97 bits per heavy atom. The first-order valence-electron chi connectivity index (χ1n) is 8.95. The molecule has 1 aromatic heterocycles. The van der Waals surface area contributed by atoms with Gasteiger partial charge < -0.3 is 0 Å². The lowest BCUT2D eigenvalue weighted by Gasteiger charge is -2.33. The van der Waals surface area contributed by atoms with Crippen LogP contribution in [0.1, 0.15) is 17.3 Å². The summed E-state index contributed by atoms with van der Waals surface area (Å²) in [5.41, 5.74) is 2.53. The van der Waals surface area contributed by atoms with Crippen molar-refractivity contribution in [3.8, 4) is 0 Å². The molecule has 0 spiro atoms. The molecule has 144 valence electrons. The highest BCUT2D eigenvalue weighted by molar-refractivity contribution is 8.13. The van der Waals surface area contributed by atoms with E-state index in [9.17, 15) is 4.79 Å². The Morgan fingerprint density at radius 3 is 2.79 bits per heavy atom. The topological polar surface area (TPSA) is 57.1 Å². The molecule has 5 rings (SSSR count). The van der Waals surface area contributed by atoms with Crippen molar-refractivity contribution in [3.05, 3.63) is 92.1 Å². The predicted molar refractivity (Wildman–Crippen MR) is 118 cm³/mol. The number of halogens is 1. The van der Waals surface area contributed by atoms with Crippen LogP contribution < -0.4 is 15.9 Å². The first kappa shape index (κ1) is 18.4. The van der Waals surface area contributed by atoms with Gasteiger partial charge in [-0.15, -0.1) is 5.10 Å². The number of nitrogens with one attached hydrogen (secondary N) is 1. The van der Waals surface area contributed by atoms with Crippen molar-refractivity contribution in [2.24, 2.45) is 10.1 Å². The van der Waals surface area contributed by atoms with Crippen molar-refractivity contribution >= 4 is 51.5 Å². The molecular formula is C21H15ClN4OS2. The number of para-hydroxylation sites is 1. The number of rotatable bonds is 3. The number of thiophene rings is 1. The van der Waals surface area contributed by atoms with Crippen LogP contribution in [0, 0.1) is 0 Å². The number of hydrazone groups is 1. The number of fused-ring (bicyclic) bond motifs is 2. The van der Waals surface area contributed by atoms with E-state index < -0.39 is 0 Å². The van der Waals surface area contributed by atoms with Gasteiger partial charge in [-0.1, -0.05) is 59.8 Å². The molecular weight excluding hydrogens is 424 g/mol. The first-order valence-corrected chi connectivity index (χ1v) is 11.3. The monoisotopic (exact) mass is 438 g/mol. The summed E-state index contributed by atoms with van der Waals surface area (Å²) in [4.78, 5) is 17.9. The first-order chi connectivity index (χ1) is 14.2. The number of thioether (sulfide) groups is 1. The Morgan fingerprint density at radius 1 is 1.14 bits per heavy atom. The lowest BCUT2D eigenvalue weighted by molar-refractivity contribution is -0.116. The fourth-order valence-corrected chi connectivity index (χ4v) is 5.10. The molecule has 1 N–H and O–H groups in total. The van der Waals surface area contributed by atoms with E-state index in [0.717, 1.165) is 21.7 Å². The summed E-state index contributed by atoms with van der Waals surface area (Å²) in [6, 6.07) is 17.4. The Hall–Kier alpha value is -2.61. The number of amides is 1. The van der Waals surface area contributed by atoms with E-state index in [0.29, 0.717) is 21.6 Å². The quantitative estimate of drug-likeness (QED) is 0.681. The van der Waals surface area contributed by atoms with Crippen LogP contribution in [0.2, 0.25) is 5.02 Å². The average Bonchev–Trinajstić information content (AvgIpc) is 3.27. The van der Waals surface area contributed by atoms with Gasteiger partial charge in [0, 0.05) is 21.6 Å². The molecule has 2 aliphatic heterocycles. The zero-order valence-electron chi connectivity index (χ0n) is 15.1. The molecule has 29 heavy (non-hydrogen) atoms. The Kier molecular flexibility index (Phi) is 4.87. The Labute approximate surface area is 180 Å². The Balaban J connectivity index is 1.55. The molecule has 2 aliphatic rings. The van der Waals surface area contributed by atoms with E-state index in [2.05, 4.69) is 5.32 Å². The molecule has 8 heteroatoms. The van der Waals surface area contributed by atoms with E-state index in [1.54, 1.807) is 16.3 Å². The summed E-state index contributed by atoms with van der Waals surface area (Å²) in [5.74, 6) is 0.433. The smallest absolute Gasteiger partial charge is 0.276 e. The van der Waals surface area contributed by atoms with Crippen molar-refractivity contribution < 1.29 is 4.79 Å². The SMILES string of the molecule is O=C1NC(SCc2ccccc2Cl)=NN2C1=c1ccccc1=N[C@H]2c1ccsc1. The number of amidine groups is 1. The highest BCUT2D eigenvalue weighted by Crippen LogP contribution is 2.32. The summed E-state index contributed by atoms with van der Waals surface area (Å²) in [6.07, 6.45) is -0.367. The van der Waals surface area contributed by atoms with Gasteiger partial charge in [0.1, 0.15) is 5.70 Å². The molecule has 0 aliphatic carbocycles. The summed E-state index contributed by atoms with van der Waals surface area (Å²) in [5, 5.41) is 16.3. The molecule has 3 heterocycles. The molecule has 2 aromatic carbocycles. The molecule has 0 unspecified atom stereocenters. The summed E-state index contributed by atoms with van der Waals surface area (Å²) in [6.45, 7) is 0. The van der Waals surface area contributed by atoms with Gasteiger partial charge in [-0.05, 0) is 34.5 Å². The number of carbonyl (C=O) groups excluding carboxylic acids is 1. The molecule has 0 saturated carbocycles.